The van der Waals surface area contributed by atoms with Crippen LogP contribution in [-0.2, 0) is 6.54 Å². The molecule has 4 aromatic rings. The fraction of sp³-hybridized carbons (Fsp3) is 0.227. The average molecular weight is 442 g/mol. The Bertz CT molecular complexity index is 1070. The molecule has 1 aromatic heterocycles. The molecular weight excluding hydrogens is 418 g/mol. The zero-order valence-electron chi connectivity index (χ0n) is 16.7. The van der Waals surface area contributed by atoms with Crippen LogP contribution in [0.5, 0.6) is 5.75 Å². The van der Waals surface area contributed by atoms with E-state index < -0.39 is 0 Å². The summed E-state index contributed by atoms with van der Waals surface area (Å²) in [6, 6.07) is 22.5. The molecule has 6 nitrogen and oxygen atoms in total. The van der Waals surface area contributed by atoms with Crippen LogP contribution in [0.1, 0.15) is 12.0 Å². The van der Waals surface area contributed by atoms with Crippen molar-refractivity contribution in [2.45, 2.75) is 18.1 Å². The Labute approximate surface area is 186 Å². The van der Waals surface area contributed by atoms with Gasteiger partial charge in [-0.05, 0) is 52.4 Å². The maximum absolute atomic E-state index is 5.57. The van der Waals surface area contributed by atoms with E-state index in [1.165, 1.54) is 16.3 Å². The average Bonchev–Trinajstić information content (AvgIpc) is 3.25. The third-order valence-electron chi connectivity index (χ3n) is 4.69. The van der Waals surface area contributed by atoms with Crippen LogP contribution in [0.25, 0.3) is 16.5 Å². The third kappa shape index (κ3) is 5.11. The Morgan fingerprint density at radius 2 is 1.80 bits per heavy atom. The molecule has 0 saturated heterocycles. The minimum Gasteiger partial charge on any atom is -0.496 e. The van der Waals surface area contributed by atoms with Crippen molar-refractivity contribution in [2.24, 2.45) is 0 Å². The van der Waals surface area contributed by atoms with Crippen LogP contribution >= 0.6 is 24.2 Å². The van der Waals surface area contributed by atoms with Gasteiger partial charge in [-0.2, -0.15) is 4.68 Å². The van der Waals surface area contributed by atoms with E-state index in [2.05, 4.69) is 51.2 Å². The normalized spacial score (nSPS) is 10.7. The lowest BCUT2D eigenvalue weighted by molar-refractivity contribution is 0.409. The summed E-state index contributed by atoms with van der Waals surface area (Å²) in [7, 11) is 1.72. The number of thioether (sulfide) groups is 1. The van der Waals surface area contributed by atoms with Gasteiger partial charge >= 0.3 is 0 Å². The maximum atomic E-state index is 5.57. The van der Waals surface area contributed by atoms with E-state index in [0.717, 1.165) is 41.9 Å². The quantitative estimate of drug-likeness (QED) is 0.304. The van der Waals surface area contributed by atoms with Gasteiger partial charge in [-0.3, -0.25) is 0 Å². The predicted octanol–water partition coefficient (Wildman–Crippen LogP) is 4.52. The van der Waals surface area contributed by atoms with E-state index in [9.17, 15) is 0 Å². The van der Waals surface area contributed by atoms with Crippen molar-refractivity contribution in [3.05, 3.63) is 72.3 Å². The Morgan fingerprint density at radius 3 is 2.63 bits per heavy atom. The molecule has 0 bridgehead atoms. The van der Waals surface area contributed by atoms with Crippen LogP contribution in [0, 0.1) is 0 Å². The first-order chi connectivity index (χ1) is 14.4. The summed E-state index contributed by atoms with van der Waals surface area (Å²) in [4.78, 5) is 0. The van der Waals surface area contributed by atoms with E-state index in [-0.39, 0.29) is 12.4 Å². The van der Waals surface area contributed by atoms with Gasteiger partial charge in [-0.15, -0.1) is 17.5 Å². The van der Waals surface area contributed by atoms with Gasteiger partial charge in [0.15, 0.2) is 0 Å². The molecule has 0 fully saturated rings. The molecule has 1 N–H and O–H groups in total. The third-order valence-corrected chi connectivity index (χ3v) is 5.70. The molecule has 0 aliphatic carbocycles. The van der Waals surface area contributed by atoms with Crippen LogP contribution < -0.4 is 10.1 Å². The zero-order chi connectivity index (χ0) is 19.9. The second-order valence-corrected chi connectivity index (χ2v) is 7.62. The number of nitrogens with zero attached hydrogens (tertiary/aromatic N) is 4. The van der Waals surface area contributed by atoms with Crippen LogP contribution in [0.2, 0.25) is 0 Å². The number of rotatable bonds is 9. The Kier molecular flexibility index (Phi) is 8.07. The second kappa shape index (κ2) is 11.0. The largest absolute Gasteiger partial charge is 0.496 e. The summed E-state index contributed by atoms with van der Waals surface area (Å²) in [5.74, 6) is 1.86. The summed E-state index contributed by atoms with van der Waals surface area (Å²) in [6.07, 6.45) is 1.01. The molecule has 0 spiro atoms. The minimum atomic E-state index is 0. The van der Waals surface area contributed by atoms with Gasteiger partial charge in [0.05, 0.1) is 12.8 Å². The van der Waals surface area contributed by atoms with E-state index in [4.69, 9.17) is 4.74 Å². The van der Waals surface area contributed by atoms with Crippen molar-refractivity contribution in [1.82, 2.24) is 25.5 Å². The SMILES string of the molecule is COc1ccc2ccccc2c1CNCCCSc1nnnn1-c1ccccc1.Cl. The molecule has 1 heterocycles. The molecular formula is C22H24ClN5OS. The van der Waals surface area contributed by atoms with Gasteiger partial charge in [-0.25, -0.2) is 0 Å². The first kappa shape index (κ1) is 22.1. The molecule has 0 radical (unpaired) electrons. The van der Waals surface area contributed by atoms with Crippen LogP contribution in [0.4, 0.5) is 0 Å². The monoisotopic (exact) mass is 441 g/mol. The lowest BCUT2D eigenvalue weighted by Gasteiger charge is -2.13. The van der Waals surface area contributed by atoms with Crippen molar-refractivity contribution >= 4 is 34.9 Å². The number of benzene rings is 3. The fourth-order valence-electron chi connectivity index (χ4n) is 3.26. The van der Waals surface area contributed by atoms with E-state index in [1.54, 1.807) is 23.6 Å². The molecule has 0 amide bonds. The molecule has 30 heavy (non-hydrogen) atoms. The highest BCUT2D eigenvalue weighted by Crippen LogP contribution is 2.27. The number of halogens is 1. The number of ether oxygens (including phenoxy) is 1. The highest BCUT2D eigenvalue weighted by molar-refractivity contribution is 7.99. The number of hydrogen-bond acceptors (Lipinski definition) is 6. The van der Waals surface area contributed by atoms with Crippen LogP contribution in [0.3, 0.4) is 0 Å². The molecule has 0 saturated carbocycles. The summed E-state index contributed by atoms with van der Waals surface area (Å²) < 4.78 is 7.34. The number of fused-ring (bicyclic) bond motifs is 1. The second-order valence-electron chi connectivity index (χ2n) is 6.56. The first-order valence-corrected chi connectivity index (χ1v) is 10.6. The lowest BCUT2D eigenvalue weighted by Crippen LogP contribution is -2.16. The molecule has 0 atom stereocenters. The van der Waals surface area contributed by atoms with Gasteiger partial charge < -0.3 is 10.1 Å². The number of tetrazole rings is 1. The Hall–Kier alpha value is -2.61. The Balaban J connectivity index is 0.00000256. The van der Waals surface area contributed by atoms with E-state index in [0.29, 0.717) is 0 Å². The highest BCUT2D eigenvalue weighted by Gasteiger charge is 2.09. The van der Waals surface area contributed by atoms with Crippen molar-refractivity contribution in [1.29, 1.82) is 0 Å². The fourth-order valence-corrected chi connectivity index (χ4v) is 4.09. The van der Waals surface area contributed by atoms with Crippen molar-refractivity contribution < 1.29 is 4.74 Å². The van der Waals surface area contributed by atoms with E-state index in [1.807, 2.05) is 36.4 Å². The summed E-state index contributed by atoms with van der Waals surface area (Å²) in [5.41, 5.74) is 2.17. The first-order valence-electron chi connectivity index (χ1n) is 9.59. The van der Waals surface area contributed by atoms with Gasteiger partial charge in [0.25, 0.3) is 0 Å². The van der Waals surface area contributed by atoms with Crippen molar-refractivity contribution in [3.8, 4) is 11.4 Å². The zero-order valence-corrected chi connectivity index (χ0v) is 18.3. The van der Waals surface area contributed by atoms with Gasteiger partial charge in [0.1, 0.15) is 5.75 Å². The number of aromatic nitrogens is 4. The summed E-state index contributed by atoms with van der Waals surface area (Å²) in [5, 5.41) is 18.9. The molecule has 0 unspecified atom stereocenters. The van der Waals surface area contributed by atoms with Gasteiger partial charge in [0, 0.05) is 17.9 Å². The minimum absolute atomic E-state index is 0. The molecule has 0 aliphatic rings. The molecule has 4 rings (SSSR count). The Morgan fingerprint density at radius 1 is 1.00 bits per heavy atom. The number of para-hydroxylation sites is 1. The number of hydrogen-bond donors (Lipinski definition) is 1. The lowest BCUT2D eigenvalue weighted by atomic mass is 10.0. The molecule has 3 aromatic carbocycles. The summed E-state index contributed by atoms with van der Waals surface area (Å²) in [6.45, 7) is 1.68. The summed E-state index contributed by atoms with van der Waals surface area (Å²) >= 11 is 1.67. The van der Waals surface area contributed by atoms with E-state index >= 15 is 0 Å². The molecule has 8 heteroatoms. The predicted molar refractivity (Wildman–Crippen MR) is 124 cm³/mol. The molecule has 0 aliphatic heterocycles. The smallest absolute Gasteiger partial charge is 0.214 e. The molecule has 156 valence electrons. The van der Waals surface area contributed by atoms with Crippen molar-refractivity contribution in [3.63, 3.8) is 0 Å². The number of methoxy groups -OCH3 is 1. The number of nitrogens with one attached hydrogen (secondary N) is 1. The highest BCUT2D eigenvalue weighted by atomic mass is 35.5. The van der Waals surface area contributed by atoms with Gasteiger partial charge in [0.2, 0.25) is 5.16 Å². The topological polar surface area (TPSA) is 64.9 Å². The van der Waals surface area contributed by atoms with Gasteiger partial charge in [-0.1, -0.05) is 60.3 Å². The maximum Gasteiger partial charge on any atom is 0.214 e. The standard InChI is InChI=1S/C22H23N5OS.ClH/c1-28-21-13-12-17-8-5-6-11-19(17)20(21)16-23-14-7-15-29-22-24-25-26-27(22)18-9-3-2-4-10-18;/h2-6,8-13,23H,7,14-16H2,1H3;1H. The van der Waals surface area contributed by atoms with Crippen LogP contribution in [0.15, 0.2) is 71.9 Å². The van der Waals surface area contributed by atoms with Crippen molar-refractivity contribution in [2.75, 3.05) is 19.4 Å². The van der Waals surface area contributed by atoms with Crippen LogP contribution in [-0.4, -0.2) is 39.6 Å².